The van der Waals surface area contributed by atoms with Crippen LogP contribution in [0.1, 0.15) is 55.5 Å². The summed E-state index contributed by atoms with van der Waals surface area (Å²) in [6.07, 6.45) is 6.49. The zero-order valence-electron chi connectivity index (χ0n) is 16.9. The summed E-state index contributed by atoms with van der Waals surface area (Å²) in [7, 11) is 0. The van der Waals surface area contributed by atoms with Gasteiger partial charge in [0.1, 0.15) is 6.10 Å². The Bertz CT molecular complexity index is 847. The first-order valence-corrected chi connectivity index (χ1v) is 10.1. The average molecular weight is 396 g/mol. The van der Waals surface area contributed by atoms with E-state index in [1.807, 2.05) is 26.0 Å². The molecule has 0 saturated heterocycles. The third-order valence-corrected chi connectivity index (χ3v) is 4.64. The van der Waals surface area contributed by atoms with E-state index in [9.17, 15) is 9.59 Å². The van der Waals surface area contributed by atoms with Crippen LogP contribution in [0.5, 0.6) is 5.88 Å². The van der Waals surface area contributed by atoms with Gasteiger partial charge in [-0.1, -0.05) is 6.07 Å². The summed E-state index contributed by atoms with van der Waals surface area (Å²) in [6.45, 7) is 4.13. The minimum Gasteiger partial charge on any atom is -0.474 e. The molecule has 0 radical (unpaired) electrons. The molecule has 1 aromatic carbocycles. The molecule has 7 nitrogen and oxygen atoms in total. The predicted octanol–water partition coefficient (Wildman–Crippen LogP) is 3.86. The summed E-state index contributed by atoms with van der Waals surface area (Å²) >= 11 is 0. The van der Waals surface area contributed by atoms with Crippen molar-refractivity contribution in [1.29, 1.82) is 0 Å². The summed E-state index contributed by atoms with van der Waals surface area (Å²) in [6, 6.07) is 10.3. The molecule has 3 rings (SSSR count). The predicted molar refractivity (Wildman–Crippen MR) is 112 cm³/mol. The Balaban J connectivity index is 1.55. The Hall–Kier alpha value is -3.09. The maximum Gasteiger partial charge on any atom is 0.319 e. The van der Waals surface area contributed by atoms with Crippen molar-refractivity contribution in [2.75, 3.05) is 5.32 Å². The minimum absolute atomic E-state index is 0.0318. The Morgan fingerprint density at radius 2 is 1.97 bits per heavy atom. The van der Waals surface area contributed by atoms with Crippen LogP contribution >= 0.6 is 0 Å². The first kappa shape index (κ1) is 20.6. The maximum absolute atomic E-state index is 12.5. The van der Waals surface area contributed by atoms with Crippen molar-refractivity contribution in [2.24, 2.45) is 0 Å². The number of rotatable bonds is 7. The number of anilines is 1. The zero-order valence-corrected chi connectivity index (χ0v) is 16.9. The van der Waals surface area contributed by atoms with Crippen LogP contribution in [0.2, 0.25) is 0 Å². The Morgan fingerprint density at radius 3 is 2.72 bits per heavy atom. The summed E-state index contributed by atoms with van der Waals surface area (Å²) in [5.41, 5.74) is 1.96. The van der Waals surface area contributed by atoms with E-state index in [4.69, 9.17) is 4.74 Å². The number of nitrogens with one attached hydrogen (secondary N) is 3. The molecule has 1 saturated carbocycles. The van der Waals surface area contributed by atoms with E-state index < -0.39 is 0 Å². The number of ether oxygens (including phenoxy) is 1. The Morgan fingerprint density at radius 1 is 1.17 bits per heavy atom. The van der Waals surface area contributed by atoms with Crippen molar-refractivity contribution in [3.63, 3.8) is 0 Å². The first-order valence-electron chi connectivity index (χ1n) is 10.1. The smallest absolute Gasteiger partial charge is 0.319 e. The third-order valence-electron chi connectivity index (χ3n) is 4.64. The van der Waals surface area contributed by atoms with Crippen molar-refractivity contribution in [2.45, 2.75) is 58.2 Å². The number of hydrogen-bond donors (Lipinski definition) is 3. The quantitative estimate of drug-likeness (QED) is 0.663. The van der Waals surface area contributed by atoms with Gasteiger partial charge in [-0.15, -0.1) is 0 Å². The van der Waals surface area contributed by atoms with Gasteiger partial charge in [-0.25, -0.2) is 9.78 Å². The largest absolute Gasteiger partial charge is 0.474 e. The van der Waals surface area contributed by atoms with Crippen LogP contribution in [0, 0.1) is 0 Å². The van der Waals surface area contributed by atoms with Gasteiger partial charge in [0.15, 0.2) is 0 Å². The van der Waals surface area contributed by atoms with Crippen molar-refractivity contribution in [3.8, 4) is 5.88 Å². The molecule has 0 atom stereocenters. The molecule has 7 heteroatoms. The SMILES string of the molecule is CC(C)NC(=O)Nc1cccc(C(=O)NCc2ccnc(OC3CCCC3)c2)c1. The molecule has 3 amide bonds. The van der Waals surface area contributed by atoms with Gasteiger partial charge in [0.2, 0.25) is 5.88 Å². The summed E-state index contributed by atoms with van der Waals surface area (Å²) in [5, 5.41) is 8.38. The molecule has 1 aliphatic carbocycles. The molecule has 0 bridgehead atoms. The Kier molecular flexibility index (Phi) is 7.05. The average Bonchev–Trinajstić information content (AvgIpc) is 3.19. The number of nitrogens with zero attached hydrogens (tertiary/aromatic N) is 1. The number of hydrogen-bond acceptors (Lipinski definition) is 4. The van der Waals surface area contributed by atoms with Crippen LogP contribution < -0.4 is 20.7 Å². The fraction of sp³-hybridized carbons (Fsp3) is 0.409. The molecule has 0 aliphatic heterocycles. The van der Waals surface area contributed by atoms with E-state index in [0.717, 1.165) is 18.4 Å². The van der Waals surface area contributed by atoms with Gasteiger partial charge in [0.25, 0.3) is 5.91 Å². The van der Waals surface area contributed by atoms with Gasteiger partial charge < -0.3 is 20.7 Å². The molecule has 1 fully saturated rings. The van der Waals surface area contributed by atoms with E-state index >= 15 is 0 Å². The van der Waals surface area contributed by atoms with Crippen molar-refractivity contribution >= 4 is 17.6 Å². The summed E-state index contributed by atoms with van der Waals surface area (Å²) < 4.78 is 5.92. The normalized spacial score (nSPS) is 13.9. The molecule has 0 spiro atoms. The van der Waals surface area contributed by atoms with Crippen LogP contribution in [0.15, 0.2) is 42.6 Å². The second-order valence-corrected chi connectivity index (χ2v) is 7.54. The fourth-order valence-corrected chi connectivity index (χ4v) is 3.25. The van der Waals surface area contributed by atoms with Gasteiger partial charge in [-0.2, -0.15) is 0 Å². The number of carbonyl (C=O) groups is 2. The van der Waals surface area contributed by atoms with Crippen molar-refractivity contribution in [1.82, 2.24) is 15.6 Å². The van der Waals surface area contributed by atoms with Crippen molar-refractivity contribution in [3.05, 3.63) is 53.7 Å². The van der Waals surface area contributed by atoms with E-state index in [-0.39, 0.29) is 24.1 Å². The van der Waals surface area contributed by atoms with Crippen LogP contribution in [0.25, 0.3) is 0 Å². The summed E-state index contributed by atoms with van der Waals surface area (Å²) in [5.74, 6) is 0.388. The second-order valence-electron chi connectivity index (χ2n) is 7.54. The van der Waals surface area contributed by atoms with Crippen LogP contribution in [-0.4, -0.2) is 29.1 Å². The number of amides is 3. The molecule has 2 aromatic rings. The molecule has 29 heavy (non-hydrogen) atoms. The lowest BCUT2D eigenvalue weighted by atomic mass is 10.2. The monoisotopic (exact) mass is 396 g/mol. The number of benzene rings is 1. The molecule has 1 heterocycles. The number of carbonyl (C=O) groups excluding carboxylic acids is 2. The van der Waals surface area contributed by atoms with Gasteiger partial charge in [0.05, 0.1) is 0 Å². The third kappa shape index (κ3) is 6.48. The van der Waals surface area contributed by atoms with Crippen LogP contribution in [0.3, 0.4) is 0 Å². The van der Waals surface area contributed by atoms with E-state index in [1.54, 1.807) is 30.5 Å². The summed E-state index contributed by atoms with van der Waals surface area (Å²) in [4.78, 5) is 28.6. The van der Waals surface area contributed by atoms with E-state index in [2.05, 4.69) is 20.9 Å². The number of pyridine rings is 1. The van der Waals surface area contributed by atoms with E-state index in [0.29, 0.717) is 23.7 Å². The lowest BCUT2D eigenvalue weighted by molar-refractivity contribution is 0.0950. The molecular formula is C22H28N4O3. The van der Waals surface area contributed by atoms with Gasteiger partial charge in [-0.3, -0.25) is 4.79 Å². The van der Waals surface area contributed by atoms with Gasteiger partial charge >= 0.3 is 6.03 Å². The van der Waals surface area contributed by atoms with Gasteiger partial charge in [-0.05, 0) is 69.4 Å². The van der Waals surface area contributed by atoms with Gasteiger partial charge in [0, 0.05) is 36.1 Å². The molecule has 0 unspecified atom stereocenters. The lowest BCUT2D eigenvalue weighted by Gasteiger charge is -2.13. The second kappa shape index (κ2) is 9.91. The highest BCUT2D eigenvalue weighted by Gasteiger charge is 2.17. The lowest BCUT2D eigenvalue weighted by Crippen LogP contribution is -2.34. The first-order chi connectivity index (χ1) is 14.0. The molecule has 1 aliphatic rings. The molecular weight excluding hydrogens is 368 g/mol. The highest BCUT2D eigenvalue weighted by Crippen LogP contribution is 2.23. The fourth-order valence-electron chi connectivity index (χ4n) is 3.25. The topological polar surface area (TPSA) is 92.4 Å². The van der Waals surface area contributed by atoms with Crippen LogP contribution in [0.4, 0.5) is 10.5 Å². The standard InChI is InChI=1S/C22H28N4O3/c1-15(2)25-22(28)26-18-7-5-6-17(13-18)21(27)24-14-16-10-11-23-20(12-16)29-19-8-3-4-9-19/h5-7,10-13,15,19H,3-4,8-9,14H2,1-2H3,(H,24,27)(H2,25,26,28). The number of urea groups is 1. The minimum atomic E-state index is -0.302. The Labute approximate surface area is 171 Å². The number of aromatic nitrogens is 1. The molecule has 154 valence electrons. The zero-order chi connectivity index (χ0) is 20.6. The molecule has 1 aromatic heterocycles. The maximum atomic E-state index is 12.5. The van der Waals surface area contributed by atoms with E-state index in [1.165, 1.54) is 12.8 Å². The van der Waals surface area contributed by atoms with Crippen molar-refractivity contribution < 1.29 is 14.3 Å². The highest BCUT2D eigenvalue weighted by atomic mass is 16.5. The van der Waals surface area contributed by atoms with Crippen LogP contribution in [-0.2, 0) is 6.54 Å². The molecule has 3 N–H and O–H groups in total. The highest BCUT2D eigenvalue weighted by molar-refractivity contribution is 5.96.